The normalized spacial score (nSPS) is 15.9. The Labute approximate surface area is 204 Å². The number of nitrogens with zero attached hydrogens (tertiary/aromatic N) is 3. The molecule has 180 valence electrons. The van der Waals surface area contributed by atoms with Crippen LogP contribution in [0.3, 0.4) is 0 Å². The SMILES string of the molecule is Cc1cc(C(=O)Nc2cc(Cl)cc(S(C)(=O)=O)c2)cn1-c1ccc(N2CCOC(C)(C)C2)cn1. The number of hydrogen-bond donors (Lipinski definition) is 1. The number of carbonyl (C=O) groups excluding carboxylic acids is 1. The van der Waals surface area contributed by atoms with Crippen LogP contribution in [0.4, 0.5) is 11.4 Å². The zero-order valence-corrected chi connectivity index (χ0v) is 21.1. The molecule has 1 fully saturated rings. The first-order chi connectivity index (χ1) is 15.9. The van der Waals surface area contributed by atoms with E-state index in [9.17, 15) is 13.2 Å². The highest BCUT2D eigenvalue weighted by atomic mass is 35.5. The number of carbonyl (C=O) groups is 1. The Morgan fingerprint density at radius 3 is 2.62 bits per heavy atom. The highest BCUT2D eigenvalue weighted by Crippen LogP contribution is 2.25. The number of benzene rings is 1. The highest BCUT2D eigenvalue weighted by Gasteiger charge is 2.27. The predicted octanol–water partition coefficient (Wildman–Crippen LogP) is 4.11. The van der Waals surface area contributed by atoms with E-state index in [0.717, 1.165) is 30.7 Å². The van der Waals surface area contributed by atoms with Gasteiger partial charge >= 0.3 is 0 Å². The smallest absolute Gasteiger partial charge is 0.257 e. The molecule has 0 spiro atoms. The van der Waals surface area contributed by atoms with Crippen molar-refractivity contribution in [3.63, 3.8) is 0 Å². The molecule has 0 aliphatic carbocycles. The van der Waals surface area contributed by atoms with Crippen LogP contribution in [0.2, 0.25) is 5.02 Å². The number of anilines is 2. The first kappa shape index (κ1) is 24.3. The molecule has 0 saturated carbocycles. The van der Waals surface area contributed by atoms with Crippen LogP contribution >= 0.6 is 11.6 Å². The summed E-state index contributed by atoms with van der Waals surface area (Å²) in [6, 6.07) is 9.92. The molecule has 3 heterocycles. The largest absolute Gasteiger partial charge is 0.372 e. The summed E-state index contributed by atoms with van der Waals surface area (Å²) in [5.41, 5.74) is 2.37. The first-order valence-corrected chi connectivity index (χ1v) is 13.0. The Kier molecular flexibility index (Phi) is 6.46. The van der Waals surface area contributed by atoms with Gasteiger partial charge in [0.1, 0.15) is 5.82 Å². The number of nitrogens with one attached hydrogen (secondary N) is 1. The Morgan fingerprint density at radius 1 is 1.21 bits per heavy atom. The summed E-state index contributed by atoms with van der Waals surface area (Å²) in [5.74, 6) is 0.311. The van der Waals surface area contributed by atoms with Gasteiger partial charge in [-0.3, -0.25) is 4.79 Å². The van der Waals surface area contributed by atoms with Crippen LogP contribution in [0.15, 0.2) is 53.7 Å². The third-order valence-electron chi connectivity index (χ3n) is 5.60. The summed E-state index contributed by atoms with van der Waals surface area (Å²) in [4.78, 5) is 19.7. The molecule has 1 aromatic carbocycles. The second-order valence-corrected chi connectivity index (χ2v) is 11.5. The molecule has 8 nitrogen and oxygen atoms in total. The number of aryl methyl sites for hydroxylation is 1. The molecule has 10 heteroatoms. The van der Waals surface area contributed by atoms with Crippen LogP contribution in [0, 0.1) is 6.92 Å². The minimum absolute atomic E-state index is 0.0389. The van der Waals surface area contributed by atoms with Crippen LogP contribution in [0.25, 0.3) is 5.82 Å². The third kappa shape index (κ3) is 5.43. The lowest BCUT2D eigenvalue weighted by atomic mass is 10.1. The lowest BCUT2D eigenvalue weighted by Crippen LogP contribution is -2.48. The Morgan fingerprint density at radius 2 is 1.97 bits per heavy atom. The number of aromatic nitrogens is 2. The summed E-state index contributed by atoms with van der Waals surface area (Å²) >= 11 is 6.04. The van der Waals surface area contributed by atoms with Gasteiger partial charge in [0, 0.05) is 41.9 Å². The van der Waals surface area contributed by atoms with Crippen molar-refractivity contribution in [1.29, 1.82) is 0 Å². The molecule has 1 aliphatic heterocycles. The molecular weight excluding hydrogens is 476 g/mol. The van der Waals surface area contributed by atoms with Gasteiger partial charge in [0.05, 0.1) is 34.6 Å². The van der Waals surface area contributed by atoms with Gasteiger partial charge in [0.25, 0.3) is 5.91 Å². The van der Waals surface area contributed by atoms with E-state index in [0.29, 0.717) is 23.7 Å². The van der Waals surface area contributed by atoms with Gasteiger partial charge < -0.3 is 19.5 Å². The van der Waals surface area contributed by atoms with Crippen molar-refractivity contribution in [3.8, 4) is 5.82 Å². The maximum absolute atomic E-state index is 12.8. The van der Waals surface area contributed by atoms with Crippen molar-refractivity contribution in [3.05, 3.63) is 65.1 Å². The van der Waals surface area contributed by atoms with Gasteiger partial charge in [-0.05, 0) is 57.2 Å². The van der Waals surface area contributed by atoms with Crippen LogP contribution in [0.1, 0.15) is 29.9 Å². The van der Waals surface area contributed by atoms with E-state index in [-0.39, 0.29) is 21.4 Å². The molecule has 2 aromatic heterocycles. The van der Waals surface area contributed by atoms with Gasteiger partial charge in [-0.1, -0.05) is 11.6 Å². The maximum Gasteiger partial charge on any atom is 0.257 e. The molecule has 0 radical (unpaired) electrons. The van der Waals surface area contributed by atoms with E-state index >= 15 is 0 Å². The Bertz CT molecular complexity index is 1330. The van der Waals surface area contributed by atoms with Crippen LogP contribution in [-0.2, 0) is 14.6 Å². The minimum Gasteiger partial charge on any atom is -0.372 e. The average Bonchev–Trinajstić information content (AvgIpc) is 3.14. The Hall–Kier alpha value is -2.88. The number of halogens is 1. The highest BCUT2D eigenvalue weighted by molar-refractivity contribution is 7.90. The number of morpholine rings is 1. The summed E-state index contributed by atoms with van der Waals surface area (Å²) in [7, 11) is -3.46. The van der Waals surface area contributed by atoms with Crippen molar-refractivity contribution in [2.24, 2.45) is 0 Å². The van der Waals surface area contributed by atoms with E-state index < -0.39 is 9.84 Å². The van der Waals surface area contributed by atoms with Gasteiger partial charge in [0.15, 0.2) is 9.84 Å². The van der Waals surface area contributed by atoms with E-state index in [1.807, 2.05) is 29.8 Å². The van der Waals surface area contributed by atoms with Crippen molar-refractivity contribution < 1.29 is 17.9 Å². The van der Waals surface area contributed by atoms with Crippen molar-refractivity contribution >= 4 is 38.7 Å². The van der Waals surface area contributed by atoms with Crippen molar-refractivity contribution in [2.75, 3.05) is 36.2 Å². The average molecular weight is 503 g/mol. The fourth-order valence-electron chi connectivity index (χ4n) is 3.94. The number of ether oxygens (including phenoxy) is 1. The molecule has 0 bridgehead atoms. The van der Waals surface area contributed by atoms with Gasteiger partial charge in [-0.2, -0.15) is 0 Å². The van der Waals surface area contributed by atoms with Crippen molar-refractivity contribution in [1.82, 2.24) is 9.55 Å². The molecular formula is C24H27ClN4O4S. The minimum atomic E-state index is -3.46. The molecule has 1 saturated heterocycles. The molecule has 0 atom stereocenters. The standard InChI is InChI=1S/C24H27ClN4O4S/c1-16-9-17(23(30)27-19-10-18(25)11-21(12-19)34(4,31)32)14-29(16)22-6-5-20(13-26-22)28-7-8-33-24(2,3)15-28/h5-6,9-14H,7-8,15H2,1-4H3,(H,27,30). The van der Waals surface area contributed by atoms with E-state index in [4.69, 9.17) is 16.3 Å². The predicted molar refractivity (Wildman–Crippen MR) is 133 cm³/mol. The fourth-order valence-corrected chi connectivity index (χ4v) is 4.92. The molecule has 1 amide bonds. The summed E-state index contributed by atoms with van der Waals surface area (Å²) < 4.78 is 31.3. The van der Waals surface area contributed by atoms with Crippen LogP contribution < -0.4 is 10.2 Å². The van der Waals surface area contributed by atoms with Crippen LogP contribution in [-0.4, -0.2) is 55.4 Å². The second kappa shape index (κ2) is 9.05. The van der Waals surface area contributed by atoms with Crippen molar-refractivity contribution in [2.45, 2.75) is 31.3 Å². The van der Waals surface area contributed by atoms with Gasteiger partial charge in [-0.15, -0.1) is 0 Å². The summed E-state index contributed by atoms with van der Waals surface area (Å²) in [6.45, 7) is 8.29. The quantitative estimate of drug-likeness (QED) is 0.564. The molecule has 0 unspecified atom stereocenters. The number of amides is 1. The van der Waals surface area contributed by atoms with Gasteiger partial charge in [-0.25, -0.2) is 13.4 Å². The first-order valence-electron chi connectivity index (χ1n) is 10.8. The third-order valence-corrected chi connectivity index (χ3v) is 6.91. The lowest BCUT2D eigenvalue weighted by molar-refractivity contribution is -0.0277. The molecule has 4 rings (SSSR count). The van der Waals surface area contributed by atoms with E-state index in [1.54, 1.807) is 12.3 Å². The van der Waals surface area contributed by atoms with Gasteiger partial charge in [0.2, 0.25) is 0 Å². The molecule has 1 N–H and O–H groups in total. The zero-order chi connectivity index (χ0) is 24.7. The zero-order valence-electron chi connectivity index (χ0n) is 19.5. The monoisotopic (exact) mass is 502 g/mol. The maximum atomic E-state index is 12.8. The number of hydrogen-bond acceptors (Lipinski definition) is 6. The molecule has 1 aliphatic rings. The summed E-state index contributed by atoms with van der Waals surface area (Å²) in [5, 5.41) is 2.95. The number of pyridine rings is 1. The topological polar surface area (TPSA) is 93.5 Å². The van der Waals surface area contributed by atoms with E-state index in [1.165, 1.54) is 18.2 Å². The fraction of sp³-hybridized carbons (Fsp3) is 0.333. The number of rotatable bonds is 5. The number of sulfone groups is 1. The Balaban J connectivity index is 1.53. The second-order valence-electron chi connectivity index (χ2n) is 9.05. The molecule has 34 heavy (non-hydrogen) atoms. The van der Waals surface area contributed by atoms with Crippen LogP contribution in [0.5, 0.6) is 0 Å². The summed E-state index contributed by atoms with van der Waals surface area (Å²) in [6.07, 6.45) is 4.62. The van der Waals surface area contributed by atoms with E-state index in [2.05, 4.69) is 29.0 Å². The lowest BCUT2D eigenvalue weighted by Gasteiger charge is -2.39. The molecule has 3 aromatic rings.